The fourth-order valence-corrected chi connectivity index (χ4v) is 7.21. The van der Waals surface area contributed by atoms with Crippen LogP contribution in [0.1, 0.15) is 85.2 Å². The van der Waals surface area contributed by atoms with E-state index in [1.165, 1.54) is 43.2 Å². The fraction of sp³-hybridized carbons (Fsp3) is 0.514. The van der Waals surface area contributed by atoms with Gasteiger partial charge in [-0.15, -0.1) is 0 Å². The van der Waals surface area contributed by atoms with Gasteiger partial charge in [0, 0.05) is 55.1 Å². The zero-order chi connectivity index (χ0) is 29.1. The first-order valence-electron chi connectivity index (χ1n) is 16.0. The SMILES string of the molecule is Cc1ccc(C(=O)N2CCC(c3ccc(-c4cnn(C)c4)cc3)CC2)cc1NC(=O)C1CCN(C2CCCCC2)CC1. The van der Waals surface area contributed by atoms with E-state index in [0.29, 0.717) is 11.5 Å². The van der Waals surface area contributed by atoms with Gasteiger partial charge in [0.05, 0.1) is 6.20 Å². The lowest BCUT2D eigenvalue weighted by Gasteiger charge is -2.39. The largest absolute Gasteiger partial charge is 0.339 e. The van der Waals surface area contributed by atoms with Crippen molar-refractivity contribution in [3.8, 4) is 11.1 Å². The predicted molar refractivity (Wildman–Crippen MR) is 168 cm³/mol. The van der Waals surface area contributed by atoms with E-state index >= 15 is 0 Å². The Labute approximate surface area is 250 Å². The van der Waals surface area contributed by atoms with Crippen molar-refractivity contribution in [1.82, 2.24) is 19.6 Å². The summed E-state index contributed by atoms with van der Waals surface area (Å²) in [7, 11) is 1.93. The van der Waals surface area contributed by atoms with Gasteiger partial charge in [-0.2, -0.15) is 5.10 Å². The Kier molecular flexibility index (Phi) is 8.75. The molecule has 3 fully saturated rings. The molecular formula is C35H45N5O2. The summed E-state index contributed by atoms with van der Waals surface area (Å²) in [6.45, 7) is 5.52. The third-order valence-electron chi connectivity index (χ3n) is 9.94. The van der Waals surface area contributed by atoms with Crippen molar-refractivity contribution in [2.45, 2.75) is 76.7 Å². The molecule has 1 saturated carbocycles. The third kappa shape index (κ3) is 6.46. The van der Waals surface area contributed by atoms with Gasteiger partial charge in [0.1, 0.15) is 0 Å². The van der Waals surface area contributed by atoms with Crippen LogP contribution in [0, 0.1) is 12.8 Å². The Morgan fingerprint density at radius 2 is 1.55 bits per heavy atom. The highest BCUT2D eigenvalue weighted by Crippen LogP contribution is 2.32. The molecule has 42 heavy (non-hydrogen) atoms. The highest BCUT2D eigenvalue weighted by Gasteiger charge is 2.30. The zero-order valence-corrected chi connectivity index (χ0v) is 25.2. The van der Waals surface area contributed by atoms with Gasteiger partial charge >= 0.3 is 0 Å². The van der Waals surface area contributed by atoms with Gasteiger partial charge < -0.3 is 15.1 Å². The first-order chi connectivity index (χ1) is 20.4. The molecule has 3 heterocycles. The number of nitrogens with one attached hydrogen (secondary N) is 1. The first-order valence-corrected chi connectivity index (χ1v) is 16.0. The van der Waals surface area contributed by atoms with Crippen LogP contribution in [0.3, 0.4) is 0 Å². The molecule has 2 aliphatic heterocycles. The highest BCUT2D eigenvalue weighted by atomic mass is 16.2. The molecule has 0 radical (unpaired) electrons. The Hall–Kier alpha value is -3.45. The van der Waals surface area contributed by atoms with Gasteiger partial charge in [-0.3, -0.25) is 14.3 Å². The van der Waals surface area contributed by atoms with E-state index < -0.39 is 0 Å². The number of aryl methyl sites for hydroxylation is 2. The van der Waals surface area contributed by atoms with Gasteiger partial charge in [-0.05, 0) is 93.3 Å². The van der Waals surface area contributed by atoms with E-state index in [1.807, 2.05) is 54.1 Å². The summed E-state index contributed by atoms with van der Waals surface area (Å²) in [6, 6.07) is 15.3. The Bertz CT molecular complexity index is 1370. The number of hydrogen-bond acceptors (Lipinski definition) is 4. The van der Waals surface area contributed by atoms with Crippen molar-refractivity contribution in [1.29, 1.82) is 0 Å². The van der Waals surface area contributed by atoms with Crippen molar-refractivity contribution in [3.63, 3.8) is 0 Å². The number of benzene rings is 2. The predicted octanol–water partition coefficient (Wildman–Crippen LogP) is 6.40. The van der Waals surface area contributed by atoms with Gasteiger partial charge in [-0.1, -0.05) is 49.6 Å². The molecule has 0 atom stereocenters. The molecule has 222 valence electrons. The lowest BCUT2D eigenvalue weighted by atomic mass is 9.88. The number of hydrogen-bond donors (Lipinski definition) is 1. The molecule has 3 aliphatic rings. The van der Waals surface area contributed by atoms with Gasteiger partial charge in [0.25, 0.3) is 5.91 Å². The molecule has 2 aromatic carbocycles. The Morgan fingerprint density at radius 3 is 2.21 bits per heavy atom. The Morgan fingerprint density at radius 1 is 0.833 bits per heavy atom. The molecule has 1 N–H and O–H groups in total. The summed E-state index contributed by atoms with van der Waals surface area (Å²) in [6.07, 6.45) is 14.4. The second-order valence-corrected chi connectivity index (χ2v) is 12.7. The number of likely N-dealkylation sites (tertiary alicyclic amines) is 2. The molecule has 0 spiro atoms. The van der Waals surface area contributed by atoms with Crippen LogP contribution in [-0.4, -0.2) is 63.6 Å². The van der Waals surface area contributed by atoms with Crippen LogP contribution in [0.5, 0.6) is 0 Å². The average Bonchev–Trinajstić information content (AvgIpc) is 3.48. The van der Waals surface area contributed by atoms with Crippen molar-refractivity contribution in [2.24, 2.45) is 13.0 Å². The lowest BCUT2D eigenvalue weighted by molar-refractivity contribution is -0.121. The van der Waals surface area contributed by atoms with Crippen LogP contribution >= 0.6 is 0 Å². The lowest BCUT2D eigenvalue weighted by Crippen LogP contribution is -2.44. The molecule has 7 nitrogen and oxygen atoms in total. The maximum absolute atomic E-state index is 13.5. The fourth-order valence-electron chi connectivity index (χ4n) is 7.21. The summed E-state index contributed by atoms with van der Waals surface area (Å²) >= 11 is 0. The number of rotatable bonds is 6. The van der Waals surface area contributed by atoms with Crippen LogP contribution < -0.4 is 5.32 Å². The van der Waals surface area contributed by atoms with Crippen molar-refractivity contribution in [3.05, 3.63) is 71.5 Å². The second kappa shape index (κ2) is 12.8. The standard InChI is InChI=1S/C35H45N5O2/c1-25-8-9-30(22-33(25)37-34(41)29-16-18-39(19-17-29)32-6-4-3-5-7-32)35(42)40-20-14-28(15-21-40)26-10-12-27(13-11-26)31-23-36-38(2)24-31/h8-13,22-24,28-29,32H,3-7,14-21H2,1-2H3,(H,37,41). The molecule has 3 aromatic rings. The van der Waals surface area contributed by atoms with Gasteiger partial charge in [0.2, 0.25) is 5.91 Å². The second-order valence-electron chi connectivity index (χ2n) is 12.7. The molecule has 1 aliphatic carbocycles. The van der Waals surface area contributed by atoms with E-state index in [0.717, 1.165) is 74.7 Å². The number of carbonyl (C=O) groups is 2. The maximum atomic E-state index is 13.5. The molecule has 6 rings (SSSR count). The summed E-state index contributed by atoms with van der Waals surface area (Å²) in [5, 5.41) is 7.46. The zero-order valence-electron chi connectivity index (χ0n) is 25.2. The maximum Gasteiger partial charge on any atom is 0.253 e. The van der Waals surface area contributed by atoms with Crippen LogP contribution in [0.15, 0.2) is 54.9 Å². The summed E-state index contributed by atoms with van der Waals surface area (Å²) < 4.78 is 1.82. The minimum Gasteiger partial charge on any atom is -0.339 e. The smallest absolute Gasteiger partial charge is 0.253 e. The topological polar surface area (TPSA) is 70.5 Å². The van der Waals surface area contributed by atoms with E-state index in [-0.39, 0.29) is 17.7 Å². The molecule has 0 bridgehead atoms. The minimum atomic E-state index is 0.0426. The number of anilines is 1. The number of amides is 2. The monoisotopic (exact) mass is 567 g/mol. The van der Waals surface area contributed by atoms with Crippen LogP contribution in [-0.2, 0) is 11.8 Å². The highest BCUT2D eigenvalue weighted by molar-refractivity contribution is 5.98. The van der Waals surface area contributed by atoms with Crippen LogP contribution in [0.25, 0.3) is 11.1 Å². The van der Waals surface area contributed by atoms with Crippen LogP contribution in [0.4, 0.5) is 5.69 Å². The molecule has 0 unspecified atom stereocenters. The van der Waals surface area contributed by atoms with Gasteiger partial charge in [0.15, 0.2) is 0 Å². The molecule has 2 saturated heterocycles. The van der Waals surface area contributed by atoms with E-state index in [9.17, 15) is 9.59 Å². The molecular weight excluding hydrogens is 522 g/mol. The number of carbonyl (C=O) groups excluding carboxylic acids is 2. The average molecular weight is 568 g/mol. The van der Waals surface area contributed by atoms with Crippen molar-refractivity contribution in [2.75, 3.05) is 31.5 Å². The summed E-state index contributed by atoms with van der Waals surface area (Å²) in [5.41, 5.74) is 6.05. The molecule has 2 amide bonds. The summed E-state index contributed by atoms with van der Waals surface area (Å²) in [4.78, 5) is 31.3. The van der Waals surface area contributed by atoms with Crippen LogP contribution in [0.2, 0.25) is 0 Å². The third-order valence-corrected chi connectivity index (χ3v) is 9.94. The number of aromatic nitrogens is 2. The normalized spacial score (nSPS) is 19.6. The van der Waals surface area contributed by atoms with E-state index in [2.05, 4.69) is 39.6 Å². The molecule has 7 heteroatoms. The van der Waals surface area contributed by atoms with E-state index in [4.69, 9.17) is 0 Å². The first kappa shape index (κ1) is 28.7. The number of nitrogens with zero attached hydrogens (tertiary/aromatic N) is 4. The quantitative estimate of drug-likeness (QED) is 0.374. The number of piperidine rings is 2. The minimum absolute atomic E-state index is 0.0426. The van der Waals surface area contributed by atoms with Crippen molar-refractivity contribution < 1.29 is 9.59 Å². The van der Waals surface area contributed by atoms with Crippen molar-refractivity contribution >= 4 is 17.5 Å². The molecule has 1 aromatic heterocycles. The summed E-state index contributed by atoms with van der Waals surface area (Å²) in [5.74, 6) is 0.647. The van der Waals surface area contributed by atoms with E-state index in [1.54, 1.807) is 0 Å². The van der Waals surface area contributed by atoms with Gasteiger partial charge in [-0.25, -0.2) is 0 Å². The Balaban J connectivity index is 1.02.